The van der Waals surface area contributed by atoms with Gasteiger partial charge in [0.1, 0.15) is 5.60 Å². The first-order valence-corrected chi connectivity index (χ1v) is 7.89. The van der Waals surface area contributed by atoms with Crippen molar-refractivity contribution in [1.82, 2.24) is 5.32 Å². The largest absolute Gasteiger partial charge is 0.444 e. The lowest BCUT2D eigenvalue weighted by atomic mass is 10.0. The number of anilines is 2. The van der Waals surface area contributed by atoms with Crippen LogP contribution in [0.1, 0.15) is 33.6 Å². The Morgan fingerprint density at radius 3 is 2.64 bits per heavy atom. The number of carbonyl (C=O) groups excluding carboxylic acids is 1. The molecule has 1 saturated heterocycles. The van der Waals surface area contributed by atoms with Gasteiger partial charge in [0, 0.05) is 24.5 Å². The SMILES string of the molecule is CN(c1cccc(NC(=O)OC(C)(C)C)c1)C1CCNCC1. The molecule has 122 valence electrons. The van der Waals surface area contributed by atoms with Gasteiger partial charge in [-0.2, -0.15) is 0 Å². The van der Waals surface area contributed by atoms with Crippen LogP contribution in [-0.4, -0.2) is 37.9 Å². The second-order valence-corrected chi connectivity index (χ2v) is 6.77. The van der Waals surface area contributed by atoms with Crippen LogP contribution < -0.4 is 15.5 Å². The van der Waals surface area contributed by atoms with E-state index in [1.165, 1.54) is 0 Å². The normalized spacial score (nSPS) is 16.2. The average molecular weight is 305 g/mol. The van der Waals surface area contributed by atoms with Crippen molar-refractivity contribution >= 4 is 17.5 Å². The number of rotatable bonds is 3. The zero-order valence-corrected chi connectivity index (χ0v) is 14.0. The van der Waals surface area contributed by atoms with Crippen molar-refractivity contribution in [2.45, 2.75) is 45.3 Å². The highest BCUT2D eigenvalue weighted by atomic mass is 16.6. The Bertz CT molecular complexity index is 505. The molecule has 0 aromatic heterocycles. The second kappa shape index (κ2) is 7.01. The van der Waals surface area contributed by atoms with E-state index in [2.05, 4.69) is 28.6 Å². The minimum Gasteiger partial charge on any atom is -0.444 e. The van der Waals surface area contributed by atoms with Crippen molar-refractivity contribution in [3.05, 3.63) is 24.3 Å². The Balaban J connectivity index is 2.01. The molecule has 1 aromatic carbocycles. The molecule has 0 aliphatic carbocycles. The summed E-state index contributed by atoms with van der Waals surface area (Å²) < 4.78 is 5.29. The van der Waals surface area contributed by atoms with Gasteiger partial charge in [0.05, 0.1) is 0 Å². The van der Waals surface area contributed by atoms with Crippen LogP contribution in [0.4, 0.5) is 16.2 Å². The zero-order chi connectivity index (χ0) is 16.2. The predicted molar refractivity (Wildman–Crippen MR) is 90.6 cm³/mol. The van der Waals surface area contributed by atoms with Crippen LogP contribution in [0.5, 0.6) is 0 Å². The summed E-state index contributed by atoms with van der Waals surface area (Å²) in [5.41, 5.74) is 1.38. The molecule has 5 nitrogen and oxygen atoms in total. The minimum atomic E-state index is -0.492. The Labute approximate surface area is 133 Å². The number of nitrogens with one attached hydrogen (secondary N) is 2. The van der Waals surface area contributed by atoms with Crippen molar-refractivity contribution in [1.29, 1.82) is 0 Å². The molecule has 1 fully saturated rings. The molecule has 0 saturated carbocycles. The Kier molecular flexibility index (Phi) is 5.29. The minimum absolute atomic E-state index is 0.422. The maximum Gasteiger partial charge on any atom is 0.412 e. The monoisotopic (exact) mass is 305 g/mol. The van der Waals surface area contributed by atoms with Crippen molar-refractivity contribution < 1.29 is 9.53 Å². The van der Waals surface area contributed by atoms with E-state index in [1.54, 1.807) is 0 Å². The highest BCUT2D eigenvalue weighted by Crippen LogP contribution is 2.23. The van der Waals surface area contributed by atoms with Gasteiger partial charge in [0.15, 0.2) is 0 Å². The summed E-state index contributed by atoms with van der Waals surface area (Å²) in [5.74, 6) is 0. The van der Waals surface area contributed by atoms with Gasteiger partial charge in [-0.05, 0) is 64.9 Å². The van der Waals surface area contributed by atoms with Crippen molar-refractivity contribution in [3.63, 3.8) is 0 Å². The second-order valence-electron chi connectivity index (χ2n) is 6.77. The number of nitrogens with zero attached hydrogens (tertiary/aromatic N) is 1. The van der Waals surface area contributed by atoms with Gasteiger partial charge in [-0.1, -0.05) is 6.07 Å². The van der Waals surface area contributed by atoms with Crippen LogP contribution in [0.2, 0.25) is 0 Å². The van der Waals surface area contributed by atoms with Gasteiger partial charge in [-0.15, -0.1) is 0 Å². The first-order chi connectivity index (χ1) is 10.3. The molecule has 22 heavy (non-hydrogen) atoms. The van der Waals surface area contributed by atoms with Crippen molar-refractivity contribution in [3.8, 4) is 0 Å². The summed E-state index contributed by atoms with van der Waals surface area (Å²) in [4.78, 5) is 14.1. The molecule has 2 N–H and O–H groups in total. The van der Waals surface area contributed by atoms with E-state index in [-0.39, 0.29) is 0 Å². The lowest BCUT2D eigenvalue weighted by Crippen LogP contribution is -2.41. The molecule has 5 heteroatoms. The van der Waals surface area contributed by atoms with Crippen LogP contribution in [0.25, 0.3) is 0 Å². The summed E-state index contributed by atoms with van der Waals surface area (Å²) >= 11 is 0. The number of piperidine rings is 1. The van der Waals surface area contributed by atoms with Gasteiger partial charge < -0.3 is 15.0 Å². The molecule has 1 aliphatic heterocycles. The molecule has 1 amide bonds. The maximum absolute atomic E-state index is 11.9. The number of hydrogen-bond acceptors (Lipinski definition) is 4. The predicted octanol–water partition coefficient (Wildman–Crippen LogP) is 3.22. The molecule has 1 heterocycles. The van der Waals surface area contributed by atoms with Gasteiger partial charge >= 0.3 is 6.09 Å². The van der Waals surface area contributed by atoms with E-state index in [4.69, 9.17) is 4.74 Å². The van der Waals surface area contributed by atoms with Crippen molar-refractivity contribution in [2.24, 2.45) is 0 Å². The van der Waals surface area contributed by atoms with E-state index in [1.807, 2.05) is 39.0 Å². The quantitative estimate of drug-likeness (QED) is 0.900. The van der Waals surface area contributed by atoms with E-state index in [0.29, 0.717) is 6.04 Å². The van der Waals surface area contributed by atoms with E-state index in [0.717, 1.165) is 37.3 Å². The van der Waals surface area contributed by atoms with Crippen molar-refractivity contribution in [2.75, 3.05) is 30.4 Å². The number of hydrogen-bond donors (Lipinski definition) is 2. The van der Waals surface area contributed by atoms with Crippen LogP contribution in [0.15, 0.2) is 24.3 Å². The number of carbonyl (C=O) groups is 1. The zero-order valence-electron chi connectivity index (χ0n) is 14.0. The first kappa shape index (κ1) is 16.6. The smallest absolute Gasteiger partial charge is 0.412 e. The molecule has 0 spiro atoms. The van der Waals surface area contributed by atoms with Gasteiger partial charge in [-0.3, -0.25) is 5.32 Å². The van der Waals surface area contributed by atoms with Gasteiger partial charge in [-0.25, -0.2) is 4.79 Å². The number of amides is 1. The van der Waals surface area contributed by atoms with E-state index in [9.17, 15) is 4.79 Å². The van der Waals surface area contributed by atoms with E-state index >= 15 is 0 Å². The van der Waals surface area contributed by atoms with Crippen LogP contribution in [0.3, 0.4) is 0 Å². The summed E-state index contributed by atoms with van der Waals surface area (Å²) in [6.07, 6.45) is 1.86. The highest BCUT2D eigenvalue weighted by Gasteiger charge is 2.19. The third-order valence-corrected chi connectivity index (χ3v) is 3.76. The van der Waals surface area contributed by atoms with Crippen LogP contribution in [-0.2, 0) is 4.74 Å². The summed E-state index contributed by atoms with van der Waals surface area (Å²) in [5, 5.41) is 6.18. The van der Waals surface area contributed by atoms with Gasteiger partial charge in [0.2, 0.25) is 0 Å². The first-order valence-electron chi connectivity index (χ1n) is 7.89. The maximum atomic E-state index is 11.9. The summed E-state index contributed by atoms with van der Waals surface area (Å²) in [6, 6.07) is 8.44. The topological polar surface area (TPSA) is 53.6 Å². The fourth-order valence-electron chi connectivity index (χ4n) is 2.63. The highest BCUT2D eigenvalue weighted by molar-refractivity contribution is 5.85. The van der Waals surface area contributed by atoms with Crippen LogP contribution >= 0.6 is 0 Å². The molecular weight excluding hydrogens is 278 g/mol. The molecule has 0 atom stereocenters. The standard InChI is InChI=1S/C17H27N3O2/c1-17(2,3)22-16(21)19-13-6-5-7-15(12-13)20(4)14-8-10-18-11-9-14/h5-7,12,14,18H,8-11H2,1-4H3,(H,19,21). The average Bonchev–Trinajstić information content (AvgIpc) is 2.45. The van der Waals surface area contributed by atoms with E-state index < -0.39 is 11.7 Å². The third kappa shape index (κ3) is 4.91. The molecule has 1 aliphatic rings. The summed E-state index contributed by atoms with van der Waals surface area (Å²) in [7, 11) is 2.11. The Morgan fingerprint density at radius 2 is 2.00 bits per heavy atom. The molecular formula is C17H27N3O2. The molecule has 2 rings (SSSR count). The fraction of sp³-hybridized carbons (Fsp3) is 0.588. The molecule has 0 radical (unpaired) electrons. The summed E-state index contributed by atoms with van der Waals surface area (Å²) in [6.45, 7) is 7.69. The Morgan fingerprint density at radius 1 is 1.32 bits per heavy atom. The lowest BCUT2D eigenvalue weighted by Gasteiger charge is -2.33. The molecule has 0 unspecified atom stereocenters. The fourth-order valence-corrected chi connectivity index (χ4v) is 2.63. The van der Waals surface area contributed by atoms with Crippen LogP contribution in [0, 0.1) is 0 Å². The number of ether oxygens (including phenoxy) is 1. The third-order valence-electron chi connectivity index (χ3n) is 3.76. The van der Waals surface area contributed by atoms with Gasteiger partial charge in [0.25, 0.3) is 0 Å². The lowest BCUT2D eigenvalue weighted by molar-refractivity contribution is 0.0636. The molecule has 1 aromatic rings. The molecule has 0 bridgehead atoms. The number of benzene rings is 1. The Hall–Kier alpha value is -1.75.